The molecular formula is C14H16B2N4O9S2. The van der Waals surface area contributed by atoms with Crippen LogP contribution in [0, 0.1) is 0 Å². The molecule has 0 aliphatic heterocycles. The molecule has 1 aromatic heterocycles. The minimum atomic E-state index is -1.61. The maximum atomic E-state index is 12.5. The van der Waals surface area contributed by atoms with Crippen LogP contribution >= 0.6 is 24.0 Å². The molecule has 1 heterocycles. The van der Waals surface area contributed by atoms with Crippen LogP contribution in [0.1, 0.15) is 5.69 Å². The monoisotopic (exact) mass is 470 g/mol. The molecule has 0 fully saturated rings. The predicted molar refractivity (Wildman–Crippen MR) is 109 cm³/mol. The first kappa shape index (κ1) is 26.4. The molecule has 1 rings (SSSR count). The number of carbonyl (C=O) groups is 4. The molecule has 31 heavy (non-hydrogen) atoms. The average molecular weight is 470 g/mol. The van der Waals surface area contributed by atoms with Crippen molar-refractivity contribution in [1.82, 2.24) is 15.2 Å². The second kappa shape index (κ2) is 13.6. The van der Waals surface area contributed by atoms with E-state index in [1.54, 1.807) is 0 Å². The van der Waals surface area contributed by atoms with Crippen molar-refractivity contribution in [3.8, 4) is 0 Å². The summed E-state index contributed by atoms with van der Waals surface area (Å²) in [7, 11) is 9.44. The van der Waals surface area contributed by atoms with Crippen molar-refractivity contribution >= 4 is 70.0 Å². The number of carbonyl (C=O) groups excluding carboxylic acids is 4. The van der Waals surface area contributed by atoms with E-state index in [2.05, 4.69) is 37.4 Å². The topological polar surface area (TPSA) is 177 Å². The zero-order valence-electron chi connectivity index (χ0n) is 15.7. The standard InChI is InChI=1S/C14H16B2N4O9S2/c15-27-13(25)8(3-21)29-19-11(7-4-31-5-17-7)12(24)18-10(23)2-20(6-22)1-9(30)14(26)28-16/h4-6,8-10,21,23,30H,1-3H2,(H,18,24)/b19-11-/t8-,9-,10-/m1/s1. The van der Waals surface area contributed by atoms with Gasteiger partial charge in [-0.2, -0.15) is 12.6 Å². The number of aliphatic hydroxyl groups excluding tert-OH is 2. The number of hydrogen-bond donors (Lipinski definition) is 4. The van der Waals surface area contributed by atoms with Crippen LogP contribution < -0.4 is 5.32 Å². The van der Waals surface area contributed by atoms with Gasteiger partial charge in [0.05, 0.1) is 18.7 Å². The van der Waals surface area contributed by atoms with Gasteiger partial charge in [0.15, 0.2) is 5.71 Å². The molecule has 2 amide bonds. The quantitative estimate of drug-likeness (QED) is 0.0570. The molecule has 0 aliphatic carbocycles. The summed E-state index contributed by atoms with van der Waals surface area (Å²) in [6.45, 7) is -1.56. The summed E-state index contributed by atoms with van der Waals surface area (Å²) in [6.07, 6.45) is -2.92. The summed E-state index contributed by atoms with van der Waals surface area (Å²) in [6, 6.07) is 0. The molecule has 0 spiro atoms. The lowest BCUT2D eigenvalue weighted by Gasteiger charge is -2.23. The van der Waals surface area contributed by atoms with Gasteiger partial charge in [-0.05, 0) is 0 Å². The van der Waals surface area contributed by atoms with Crippen molar-refractivity contribution in [2.45, 2.75) is 17.6 Å². The molecule has 1 aromatic rings. The van der Waals surface area contributed by atoms with E-state index in [0.29, 0.717) is 6.41 Å². The van der Waals surface area contributed by atoms with E-state index in [9.17, 15) is 24.3 Å². The van der Waals surface area contributed by atoms with Crippen molar-refractivity contribution in [2.24, 2.45) is 5.16 Å². The molecule has 3 atom stereocenters. The third-order valence-corrected chi connectivity index (χ3v) is 4.32. The molecule has 0 unspecified atom stereocenters. The van der Waals surface area contributed by atoms with Gasteiger partial charge in [0.25, 0.3) is 5.91 Å². The molecule has 17 heteroatoms. The summed E-state index contributed by atoms with van der Waals surface area (Å²) < 4.78 is 7.93. The Morgan fingerprint density at radius 1 is 1.32 bits per heavy atom. The van der Waals surface area contributed by atoms with Crippen LogP contribution in [0.25, 0.3) is 0 Å². The van der Waals surface area contributed by atoms with Crippen LogP contribution in [-0.2, 0) is 33.3 Å². The number of nitrogens with zero attached hydrogens (tertiary/aromatic N) is 3. The highest BCUT2D eigenvalue weighted by molar-refractivity contribution is 7.81. The largest absolute Gasteiger partial charge is 0.543 e. The minimum Gasteiger partial charge on any atom is -0.543 e. The second-order valence-electron chi connectivity index (χ2n) is 5.53. The Kier molecular flexibility index (Phi) is 11.6. The Morgan fingerprint density at radius 3 is 2.52 bits per heavy atom. The Morgan fingerprint density at radius 2 is 2.00 bits per heavy atom. The smallest absolute Gasteiger partial charge is 0.378 e. The SMILES string of the molecule is [B]OC(=O)[C@H](S)CN(C=O)C[C@@H](O)NC(=O)/C(=N\O[C@H](CO)C(=O)O[B])c1cscn1. The lowest BCUT2D eigenvalue weighted by molar-refractivity contribution is -0.149. The summed E-state index contributed by atoms with van der Waals surface area (Å²) >= 11 is 5.02. The lowest BCUT2D eigenvalue weighted by atomic mass is 10.2. The zero-order chi connectivity index (χ0) is 23.4. The molecule has 0 aromatic carbocycles. The Hall–Kier alpha value is -2.62. The first-order valence-electron chi connectivity index (χ1n) is 8.18. The van der Waals surface area contributed by atoms with E-state index in [-0.39, 0.29) is 12.2 Å². The molecular weight excluding hydrogens is 454 g/mol. The van der Waals surface area contributed by atoms with Crippen molar-refractivity contribution in [3.63, 3.8) is 0 Å². The van der Waals surface area contributed by atoms with Crippen LogP contribution in [0.15, 0.2) is 16.0 Å². The van der Waals surface area contributed by atoms with E-state index in [4.69, 9.17) is 26.0 Å². The maximum Gasteiger partial charge on any atom is 0.378 e. The van der Waals surface area contributed by atoms with E-state index < -0.39 is 54.3 Å². The Balaban J connectivity index is 2.86. The number of aliphatic hydroxyl groups is 2. The van der Waals surface area contributed by atoms with E-state index >= 15 is 0 Å². The molecule has 164 valence electrons. The van der Waals surface area contributed by atoms with Crippen LogP contribution in [-0.4, -0.2) is 103 Å². The van der Waals surface area contributed by atoms with Gasteiger partial charge in [-0.1, -0.05) is 5.16 Å². The van der Waals surface area contributed by atoms with Gasteiger partial charge in [0.2, 0.25) is 12.5 Å². The number of nitrogens with one attached hydrogen (secondary N) is 1. The van der Waals surface area contributed by atoms with E-state index in [1.807, 2.05) is 0 Å². The number of thiol groups is 1. The first-order chi connectivity index (χ1) is 14.8. The Labute approximate surface area is 188 Å². The van der Waals surface area contributed by atoms with Crippen LogP contribution in [0.3, 0.4) is 0 Å². The number of oxime groups is 1. The van der Waals surface area contributed by atoms with Crippen LogP contribution in [0.2, 0.25) is 0 Å². The van der Waals surface area contributed by atoms with Crippen LogP contribution in [0.4, 0.5) is 0 Å². The fourth-order valence-corrected chi connectivity index (χ4v) is 2.71. The molecule has 0 saturated carbocycles. The van der Waals surface area contributed by atoms with Crippen molar-refractivity contribution in [1.29, 1.82) is 0 Å². The molecule has 4 radical (unpaired) electrons. The number of hydrogen-bond acceptors (Lipinski definition) is 13. The van der Waals surface area contributed by atoms with Crippen LogP contribution in [0.5, 0.6) is 0 Å². The lowest BCUT2D eigenvalue weighted by Crippen LogP contribution is -2.47. The van der Waals surface area contributed by atoms with Gasteiger partial charge < -0.3 is 34.6 Å². The number of thiazole rings is 1. The third-order valence-electron chi connectivity index (χ3n) is 3.36. The van der Waals surface area contributed by atoms with Gasteiger partial charge in [0, 0.05) is 11.9 Å². The Bertz CT molecular complexity index is 784. The van der Waals surface area contributed by atoms with Gasteiger partial charge >= 0.3 is 28.0 Å². The molecule has 0 aliphatic rings. The summed E-state index contributed by atoms with van der Waals surface area (Å²) in [4.78, 5) is 55.9. The maximum absolute atomic E-state index is 12.5. The van der Waals surface area contributed by atoms with Gasteiger partial charge in [-0.25, -0.2) is 9.78 Å². The zero-order valence-corrected chi connectivity index (χ0v) is 17.4. The first-order valence-corrected chi connectivity index (χ1v) is 9.63. The van der Waals surface area contributed by atoms with Crippen molar-refractivity contribution in [3.05, 3.63) is 16.6 Å². The average Bonchev–Trinajstić information content (AvgIpc) is 3.29. The normalized spacial score (nSPS) is 14.0. The summed E-state index contributed by atoms with van der Waals surface area (Å²) in [5.74, 6) is -3.05. The highest BCUT2D eigenvalue weighted by Gasteiger charge is 2.25. The molecule has 0 saturated heterocycles. The second-order valence-corrected chi connectivity index (χ2v) is 6.87. The van der Waals surface area contributed by atoms with Gasteiger partial charge in [0.1, 0.15) is 17.2 Å². The van der Waals surface area contributed by atoms with Gasteiger partial charge in [-0.3, -0.25) is 14.4 Å². The predicted octanol–water partition coefficient (Wildman–Crippen LogP) is -3.33. The number of rotatable bonds is 13. The van der Waals surface area contributed by atoms with Crippen molar-refractivity contribution < 1.29 is 43.5 Å². The fourth-order valence-electron chi connectivity index (χ4n) is 1.90. The highest BCUT2D eigenvalue weighted by atomic mass is 32.1. The van der Waals surface area contributed by atoms with Crippen molar-refractivity contribution in [2.75, 3.05) is 19.7 Å². The van der Waals surface area contributed by atoms with Gasteiger partial charge in [-0.15, -0.1) is 11.3 Å². The highest BCUT2D eigenvalue weighted by Crippen LogP contribution is 2.06. The third kappa shape index (κ3) is 8.56. The number of amides is 2. The number of aromatic nitrogens is 1. The minimum absolute atomic E-state index is 0.0286. The molecule has 13 nitrogen and oxygen atoms in total. The van der Waals surface area contributed by atoms with E-state index in [0.717, 1.165) is 16.2 Å². The van der Waals surface area contributed by atoms with E-state index in [1.165, 1.54) is 10.9 Å². The fraction of sp³-hybridized carbons (Fsp3) is 0.429. The molecule has 0 bridgehead atoms. The summed E-state index contributed by atoms with van der Waals surface area (Å²) in [5, 5.41) is 25.2. The molecule has 3 N–H and O–H groups in total. The summed E-state index contributed by atoms with van der Waals surface area (Å²) in [5.41, 5.74) is 0.949.